The van der Waals surface area contributed by atoms with E-state index in [0.29, 0.717) is 43.6 Å². The number of aryl methyl sites for hydroxylation is 2. The Labute approximate surface area is 158 Å². The quantitative estimate of drug-likeness (QED) is 0.901. The molecule has 1 aromatic heterocycles. The van der Waals surface area contributed by atoms with Crippen molar-refractivity contribution in [3.8, 4) is 0 Å². The molecule has 0 bridgehead atoms. The van der Waals surface area contributed by atoms with Gasteiger partial charge in [0.15, 0.2) is 0 Å². The van der Waals surface area contributed by atoms with E-state index in [0.717, 1.165) is 11.3 Å². The van der Waals surface area contributed by atoms with Crippen LogP contribution >= 0.6 is 0 Å². The number of piperidine rings is 1. The number of rotatable bonds is 4. The maximum absolute atomic E-state index is 13.6. The summed E-state index contributed by atoms with van der Waals surface area (Å²) in [5.41, 5.74) is 2.78. The third-order valence-corrected chi connectivity index (χ3v) is 5.01. The molecule has 0 aliphatic carbocycles. The number of pyridine rings is 1. The fourth-order valence-electron chi connectivity index (χ4n) is 3.20. The molecule has 1 aliphatic rings. The van der Waals surface area contributed by atoms with E-state index in [1.807, 2.05) is 19.1 Å². The van der Waals surface area contributed by atoms with Gasteiger partial charge in [-0.15, -0.1) is 0 Å². The highest BCUT2D eigenvalue weighted by atomic mass is 19.1. The predicted molar refractivity (Wildman–Crippen MR) is 101 cm³/mol. The van der Waals surface area contributed by atoms with Gasteiger partial charge in [-0.25, -0.2) is 4.39 Å². The highest BCUT2D eigenvalue weighted by Crippen LogP contribution is 2.19. The Morgan fingerprint density at radius 2 is 1.93 bits per heavy atom. The van der Waals surface area contributed by atoms with Crippen molar-refractivity contribution >= 4 is 11.8 Å². The van der Waals surface area contributed by atoms with E-state index in [-0.39, 0.29) is 23.5 Å². The van der Waals surface area contributed by atoms with Gasteiger partial charge in [0, 0.05) is 37.4 Å². The predicted octanol–water partition coefficient (Wildman–Crippen LogP) is 3.01. The summed E-state index contributed by atoms with van der Waals surface area (Å²) in [4.78, 5) is 30.8. The lowest BCUT2D eigenvalue weighted by molar-refractivity contribution is -0.126. The molecule has 27 heavy (non-hydrogen) atoms. The lowest BCUT2D eigenvalue weighted by Gasteiger charge is -2.31. The normalized spacial score (nSPS) is 14.9. The van der Waals surface area contributed by atoms with E-state index in [2.05, 4.69) is 10.3 Å². The number of likely N-dealkylation sites (tertiary alicyclic amines) is 1. The number of nitrogens with one attached hydrogen (secondary N) is 1. The van der Waals surface area contributed by atoms with Crippen LogP contribution in [0.4, 0.5) is 4.39 Å². The summed E-state index contributed by atoms with van der Waals surface area (Å²) in [5, 5.41) is 2.88. The lowest BCUT2D eigenvalue weighted by Crippen LogP contribution is -2.43. The summed E-state index contributed by atoms with van der Waals surface area (Å²) < 4.78 is 13.6. The van der Waals surface area contributed by atoms with E-state index in [1.165, 1.54) is 6.07 Å². The minimum atomic E-state index is -0.265. The van der Waals surface area contributed by atoms with Crippen LogP contribution in [0.25, 0.3) is 0 Å². The van der Waals surface area contributed by atoms with Crippen molar-refractivity contribution in [1.82, 2.24) is 15.2 Å². The molecule has 1 aromatic carbocycles. The average molecular weight is 369 g/mol. The highest BCUT2D eigenvalue weighted by Gasteiger charge is 2.27. The third-order valence-electron chi connectivity index (χ3n) is 5.01. The van der Waals surface area contributed by atoms with Crippen LogP contribution in [0.2, 0.25) is 0 Å². The van der Waals surface area contributed by atoms with Crippen molar-refractivity contribution in [3.05, 3.63) is 64.7 Å². The molecule has 142 valence electrons. The number of hydrogen-bond donors (Lipinski definition) is 1. The molecule has 3 rings (SSSR count). The molecule has 0 unspecified atom stereocenters. The van der Waals surface area contributed by atoms with Crippen molar-refractivity contribution in [2.24, 2.45) is 5.92 Å². The molecule has 5 nitrogen and oxygen atoms in total. The summed E-state index contributed by atoms with van der Waals surface area (Å²) in [6.07, 6.45) is 2.84. The Kier molecular flexibility index (Phi) is 5.84. The molecule has 1 aliphatic heterocycles. The van der Waals surface area contributed by atoms with E-state index < -0.39 is 0 Å². The smallest absolute Gasteiger partial charge is 0.255 e. The largest absolute Gasteiger partial charge is 0.352 e. The van der Waals surface area contributed by atoms with Crippen LogP contribution in [0.15, 0.2) is 36.5 Å². The third kappa shape index (κ3) is 4.70. The molecule has 2 amide bonds. The topological polar surface area (TPSA) is 62.3 Å². The van der Waals surface area contributed by atoms with Crippen molar-refractivity contribution in [2.75, 3.05) is 13.1 Å². The number of carbonyl (C=O) groups is 2. The Bertz CT molecular complexity index is 828. The molecular weight excluding hydrogens is 345 g/mol. The second-order valence-electron chi connectivity index (χ2n) is 7.06. The summed E-state index contributed by atoms with van der Waals surface area (Å²) in [6, 6.07) is 8.58. The van der Waals surface area contributed by atoms with Gasteiger partial charge in [-0.3, -0.25) is 14.6 Å². The monoisotopic (exact) mass is 369 g/mol. The Morgan fingerprint density at radius 1 is 1.19 bits per heavy atom. The number of amides is 2. The molecule has 1 N–H and O–H groups in total. The first kappa shape index (κ1) is 19.0. The average Bonchev–Trinajstić information content (AvgIpc) is 2.69. The fraction of sp³-hybridized carbons (Fsp3) is 0.381. The van der Waals surface area contributed by atoms with E-state index in [1.54, 1.807) is 30.2 Å². The van der Waals surface area contributed by atoms with Crippen molar-refractivity contribution < 1.29 is 14.0 Å². The van der Waals surface area contributed by atoms with Gasteiger partial charge in [-0.1, -0.05) is 12.1 Å². The van der Waals surface area contributed by atoms with E-state index >= 15 is 0 Å². The van der Waals surface area contributed by atoms with Gasteiger partial charge in [0.05, 0.1) is 5.56 Å². The summed E-state index contributed by atoms with van der Waals surface area (Å²) in [7, 11) is 0. The van der Waals surface area contributed by atoms with Crippen molar-refractivity contribution in [3.63, 3.8) is 0 Å². The van der Waals surface area contributed by atoms with Crippen LogP contribution in [-0.4, -0.2) is 34.8 Å². The molecule has 0 spiro atoms. The molecule has 2 aromatic rings. The van der Waals surface area contributed by atoms with Crippen LogP contribution in [0, 0.1) is 25.6 Å². The number of nitrogens with zero attached hydrogens (tertiary/aromatic N) is 2. The van der Waals surface area contributed by atoms with Gasteiger partial charge < -0.3 is 10.2 Å². The van der Waals surface area contributed by atoms with E-state index in [9.17, 15) is 14.0 Å². The van der Waals surface area contributed by atoms with Crippen LogP contribution in [0.5, 0.6) is 0 Å². The van der Waals surface area contributed by atoms with Crippen molar-refractivity contribution in [1.29, 1.82) is 0 Å². The number of benzene rings is 1. The maximum atomic E-state index is 13.6. The molecule has 1 saturated heterocycles. The molecule has 1 fully saturated rings. The first-order chi connectivity index (χ1) is 12.9. The van der Waals surface area contributed by atoms with Gasteiger partial charge >= 0.3 is 0 Å². The molecule has 2 heterocycles. The number of aromatic nitrogens is 1. The SMILES string of the molecule is Cc1ccc(C(=O)N2CCC(C(=O)NCc3ccc(C)c(F)c3)CC2)cn1. The van der Waals surface area contributed by atoms with Crippen LogP contribution < -0.4 is 5.32 Å². The summed E-state index contributed by atoms with van der Waals surface area (Å²) in [5.74, 6) is -0.476. The Balaban J connectivity index is 1.49. The van der Waals surface area contributed by atoms with Crippen molar-refractivity contribution in [2.45, 2.75) is 33.2 Å². The van der Waals surface area contributed by atoms with Crippen LogP contribution in [-0.2, 0) is 11.3 Å². The van der Waals surface area contributed by atoms with Gasteiger partial charge in [-0.05, 0) is 56.0 Å². The summed E-state index contributed by atoms with van der Waals surface area (Å²) >= 11 is 0. The highest BCUT2D eigenvalue weighted by molar-refractivity contribution is 5.94. The number of hydrogen-bond acceptors (Lipinski definition) is 3. The number of halogens is 1. The van der Waals surface area contributed by atoms with Gasteiger partial charge in [0.1, 0.15) is 5.82 Å². The second-order valence-corrected chi connectivity index (χ2v) is 7.06. The molecule has 0 radical (unpaired) electrons. The second kappa shape index (κ2) is 8.29. The van der Waals surface area contributed by atoms with Gasteiger partial charge in [0.25, 0.3) is 5.91 Å². The number of carbonyl (C=O) groups excluding carboxylic acids is 2. The van der Waals surface area contributed by atoms with E-state index in [4.69, 9.17) is 0 Å². The lowest BCUT2D eigenvalue weighted by atomic mass is 9.95. The zero-order valence-electron chi connectivity index (χ0n) is 15.7. The first-order valence-corrected chi connectivity index (χ1v) is 9.18. The van der Waals surface area contributed by atoms with Gasteiger partial charge in [0.2, 0.25) is 5.91 Å². The zero-order chi connectivity index (χ0) is 19.4. The van der Waals surface area contributed by atoms with Crippen LogP contribution in [0.1, 0.15) is 40.0 Å². The standard InChI is InChI=1S/C21H24FN3O2/c1-14-3-5-16(11-19(14)22)12-24-20(26)17-7-9-25(10-8-17)21(27)18-6-4-15(2)23-13-18/h3-6,11,13,17H,7-10,12H2,1-2H3,(H,24,26). The van der Waals surface area contributed by atoms with Crippen LogP contribution in [0.3, 0.4) is 0 Å². The molecule has 0 atom stereocenters. The Morgan fingerprint density at radius 3 is 2.56 bits per heavy atom. The molecular formula is C21H24FN3O2. The maximum Gasteiger partial charge on any atom is 0.255 e. The zero-order valence-corrected chi connectivity index (χ0v) is 15.7. The minimum absolute atomic E-state index is 0.0416. The summed E-state index contributed by atoms with van der Waals surface area (Å²) in [6.45, 7) is 4.99. The molecule has 6 heteroatoms. The Hall–Kier alpha value is -2.76. The molecule has 0 saturated carbocycles. The van der Waals surface area contributed by atoms with Gasteiger partial charge in [-0.2, -0.15) is 0 Å². The first-order valence-electron chi connectivity index (χ1n) is 9.18. The fourth-order valence-corrected chi connectivity index (χ4v) is 3.20. The minimum Gasteiger partial charge on any atom is -0.352 e.